The van der Waals surface area contributed by atoms with Crippen LogP contribution in [0.3, 0.4) is 0 Å². The molecule has 3 nitrogen and oxygen atoms in total. The molecule has 276 valence electrons. The van der Waals surface area contributed by atoms with E-state index < -0.39 is 0 Å². The maximum absolute atomic E-state index is 6.66. The summed E-state index contributed by atoms with van der Waals surface area (Å²) in [6, 6.07) is 78.7. The molecule has 0 aliphatic rings. The molecule has 0 bridgehead atoms. The predicted molar refractivity (Wildman–Crippen MR) is 249 cm³/mol. The smallest absolute Gasteiger partial charge is 0.143 e. The Balaban J connectivity index is 1.01. The van der Waals surface area contributed by atoms with Gasteiger partial charge in [0, 0.05) is 49.6 Å². The number of fused-ring (bicyclic) bond motifs is 9. The second kappa shape index (κ2) is 13.4. The second-order valence-electron chi connectivity index (χ2n) is 15.3. The minimum Gasteiger partial charge on any atom is -0.455 e. The minimum absolute atomic E-state index is 0.883. The summed E-state index contributed by atoms with van der Waals surface area (Å²) >= 11 is 0. The van der Waals surface area contributed by atoms with Crippen molar-refractivity contribution in [2.24, 2.45) is 0 Å². The summed E-state index contributed by atoms with van der Waals surface area (Å²) in [5.41, 5.74) is 13.2. The molecule has 12 aromatic rings. The van der Waals surface area contributed by atoms with Gasteiger partial charge < -0.3 is 13.9 Å². The van der Waals surface area contributed by atoms with E-state index in [1.165, 1.54) is 43.5 Å². The van der Waals surface area contributed by atoms with Gasteiger partial charge in [0.15, 0.2) is 0 Å². The van der Waals surface area contributed by atoms with Gasteiger partial charge in [-0.3, -0.25) is 0 Å². The van der Waals surface area contributed by atoms with Crippen molar-refractivity contribution in [2.75, 3.05) is 4.90 Å². The van der Waals surface area contributed by atoms with Crippen LogP contribution < -0.4 is 4.90 Å². The van der Waals surface area contributed by atoms with E-state index in [9.17, 15) is 0 Å². The molecule has 3 heteroatoms. The third kappa shape index (κ3) is 5.36. The zero-order valence-corrected chi connectivity index (χ0v) is 32.1. The van der Waals surface area contributed by atoms with E-state index in [1.807, 2.05) is 0 Å². The van der Waals surface area contributed by atoms with Crippen LogP contribution in [0.4, 0.5) is 17.1 Å². The average Bonchev–Trinajstić information content (AvgIpc) is 3.86. The molecule has 0 saturated heterocycles. The lowest BCUT2D eigenvalue weighted by molar-refractivity contribution is 0.673. The number of rotatable bonds is 6. The van der Waals surface area contributed by atoms with Crippen molar-refractivity contribution in [3.05, 3.63) is 218 Å². The van der Waals surface area contributed by atoms with E-state index >= 15 is 0 Å². The summed E-state index contributed by atoms with van der Waals surface area (Å²) < 4.78 is 9.04. The molecule has 2 heterocycles. The molecule has 0 amide bonds. The predicted octanol–water partition coefficient (Wildman–Crippen LogP) is 15.8. The van der Waals surface area contributed by atoms with E-state index in [0.717, 1.165) is 66.8 Å². The normalized spacial score (nSPS) is 11.7. The largest absolute Gasteiger partial charge is 0.455 e. The molecule has 0 saturated carbocycles. The van der Waals surface area contributed by atoms with Crippen LogP contribution in [-0.4, -0.2) is 4.57 Å². The molecule has 0 aliphatic heterocycles. The van der Waals surface area contributed by atoms with E-state index in [4.69, 9.17) is 4.42 Å². The molecular formula is C56H36N2O. The van der Waals surface area contributed by atoms with Crippen LogP contribution in [-0.2, 0) is 0 Å². The van der Waals surface area contributed by atoms with E-state index in [-0.39, 0.29) is 0 Å². The molecule has 0 radical (unpaired) electrons. The maximum atomic E-state index is 6.66. The van der Waals surface area contributed by atoms with Crippen LogP contribution in [0, 0.1) is 0 Å². The topological polar surface area (TPSA) is 21.3 Å². The Hall–Kier alpha value is -7.88. The third-order valence-corrected chi connectivity index (χ3v) is 12.0. The molecule has 0 N–H and O–H groups in total. The first-order valence-corrected chi connectivity index (χ1v) is 20.2. The standard InChI is InChI=1S/C56H36N2O/c1-2-15-40-36-44(33-29-37(40)13-1)57(51-23-8-7-21-48(51)49-22-12-26-54-55(49)50-34-30-39-14-3-4-18-45(39)56(50)59-54)42-31-27-38(28-32-42)41-16-11-17-43(35-41)58-52-24-9-5-19-46(52)47-20-6-10-25-53(47)58/h1-36H. The highest BCUT2D eigenvalue weighted by Gasteiger charge is 2.21. The fourth-order valence-corrected chi connectivity index (χ4v) is 9.25. The first-order chi connectivity index (χ1) is 29.3. The zero-order chi connectivity index (χ0) is 38.9. The van der Waals surface area contributed by atoms with Crippen molar-refractivity contribution >= 4 is 82.4 Å². The first-order valence-electron chi connectivity index (χ1n) is 20.2. The van der Waals surface area contributed by atoms with Crippen LogP contribution in [0.25, 0.3) is 93.2 Å². The number of benzene rings is 10. The van der Waals surface area contributed by atoms with E-state index in [2.05, 4.69) is 228 Å². The number of hydrogen-bond donors (Lipinski definition) is 0. The number of hydrogen-bond acceptors (Lipinski definition) is 2. The number of para-hydroxylation sites is 3. The van der Waals surface area contributed by atoms with Crippen molar-refractivity contribution < 1.29 is 4.42 Å². The van der Waals surface area contributed by atoms with Crippen molar-refractivity contribution in [2.45, 2.75) is 0 Å². The molecule has 0 aliphatic carbocycles. The van der Waals surface area contributed by atoms with Crippen molar-refractivity contribution in [1.82, 2.24) is 4.57 Å². The van der Waals surface area contributed by atoms with Crippen LogP contribution in [0.1, 0.15) is 0 Å². The highest BCUT2D eigenvalue weighted by Crippen LogP contribution is 2.46. The van der Waals surface area contributed by atoms with Gasteiger partial charge in [-0.25, -0.2) is 0 Å². The van der Waals surface area contributed by atoms with Gasteiger partial charge in [-0.05, 0) is 99.6 Å². The summed E-state index contributed by atoms with van der Waals surface area (Å²) in [7, 11) is 0. The van der Waals surface area contributed by atoms with E-state index in [0.29, 0.717) is 0 Å². The molecule has 0 atom stereocenters. The Morgan fingerprint density at radius 3 is 1.81 bits per heavy atom. The quantitative estimate of drug-likeness (QED) is 0.169. The lowest BCUT2D eigenvalue weighted by atomic mass is 9.96. The Morgan fingerprint density at radius 2 is 1.00 bits per heavy atom. The van der Waals surface area contributed by atoms with Gasteiger partial charge >= 0.3 is 0 Å². The van der Waals surface area contributed by atoms with Crippen molar-refractivity contribution in [3.63, 3.8) is 0 Å². The SMILES string of the molecule is c1cc(-c2ccc(N(c3ccc4ccccc4c3)c3ccccc3-c3cccc4oc5c6ccccc6ccc5c34)cc2)cc(-n2c3ccccc3c3ccccc32)c1. The van der Waals surface area contributed by atoms with Crippen LogP contribution >= 0.6 is 0 Å². The van der Waals surface area contributed by atoms with Crippen LogP contribution in [0.15, 0.2) is 223 Å². The lowest BCUT2D eigenvalue weighted by Crippen LogP contribution is -2.11. The first kappa shape index (κ1) is 33.3. The van der Waals surface area contributed by atoms with Gasteiger partial charge in [0.2, 0.25) is 0 Å². The summed E-state index contributed by atoms with van der Waals surface area (Å²) in [5.74, 6) is 0. The van der Waals surface area contributed by atoms with E-state index in [1.54, 1.807) is 0 Å². The molecule has 12 rings (SSSR count). The monoisotopic (exact) mass is 752 g/mol. The molecular weight excluding hydrogens is 717 g/mol. The molecule has 59 heavy (non-hydrogen) atoms. The maximum Gasteiger partial charge on any atom is 0.143 e. The number of anilines is 3. The fourth-order valence-electron chi connectivity index (χ4n) is 9.25. The minimum atomic E-state index is 0.883. The Labute approximate surface area is 341 Å². The molecule has 2 aromatic heterocycles. The Morgan fingerprint density at radius 1 is 0.373 bits per heavy atom. The highest BCUT2D eigenvalue weighted by molar-refractivity contribution is 6.20. The number of nitrogens with zero attached hydrogens (tertiary/aromatic N) is 2. The van der Waals surface area contributed by atoms with Crippen molar-refractivity contribution in [1.29, 1.82) is 0 Å². The number of furan rings is 1. The van der Waals surface area contributed by atoms with Gasteiger partial charge in [0.25, 0.3) is 0 Å². The summed E-state index contributed by atoms with van der Waals surface area (Å²) in [6.45, 7) is 0. The molecule has 0 fully saturated rings. The van der Waals surface area contributed by atoms with Crippen LogP contribution in [0.5, 0.6) is 0 Å². The third-order valence-electron chi connectivity index (χ3n) is 12.0. The van der Waals surface area contributed by atoms with Gasteiger partial charge in [0.05, 0.1) is 16.7 Å². The Kier molecular flexibility index (Phi) is 7.54. The summed E-state index contributed by atoms with van der Waals surface area (Å²) in [6.07, 6.45) is 0. The molecule has 0 unspecified atom stereocenters. The van der Waals surface area contributed by atoms with Gasteiger partial charge in [-0.15, -0.1) is 0 Å². The second-order valence-corrected chi connectivity index (χ2v) is 15.3. The average molecular weight is 753 g/mol. The Bertz CT molecular complexity index is 3520. The fraction of sp³-hybridized carbons (Fsp3) is 0. The van der Waals surface area contributed by atoms with Gasteiger partial charge in [0.1, 0.15) is 11.2 Å². The zero-order valence-electron chi connectivity index (χ0n) is 32.1. The van der Waals surface area contributed by atoms with Gasteiger partial charge in [-0.1, -0.05) is 152 Å². The lowest BCUT2D eigenvalue weighted by Gasteiger charge is -2.28. The number of aromatic nitrogens is 1. The summed E-state index contributed by atoms with van der Waals surface area (Å²) in [4.78, 5) is 2.40. The van der Waals surface area contributed by atoms with Gasteiger partial charge in [-0.2, -0.15) is 0 Å². The van der Waals surface area contributed by atoms with Crippen LogP contribution in [0.2, 0.25) is 0 Å². The van der Waals surface area contributed by atoms with Crippen molar-refractivity contribution in [3.8, 4) is 27.9 Å². The summed E-state index contributed by atoms with van der Waals surface area (Å²) in [5, 5.41) is 9.47. The highest BCUT2D eigenvalue weighted by atomic mass is 16.3. The molecule has 10 aromatic carbocycles. The molecule has 0 spiro atoms.